The number of aliphatic hydroxyl groups excluding tert-OH is 2. The number of nitrogens with one attached hydrogen (secondary N) is 3. The molecular weight excluding hydrogens is 576 g/mol. The van der Waals surface area contributed by atoms with Gasteiger partial charge in [0.2, 0.25) is 0 Å². The van der Waals surface area contributed by atoms with Crippen molar-refractivity contribution in [1.29, 1.82) is 0 Å². The Kier molecular flexibility index (Phi) is 7.56. The summed E-state index contributed by atoms with van der Waals surface area (Å²) in [6.07, 6.45) is 10.4. The Morgan fingerprint density at radius 2 is 1.89 bits per heavy atom. The molecule has 246 valence electrons. The molecule has 7 N–H and O–H groups in total. The summed E-state index contributed by atoms with van der Waals surface area (Å²) >= 11 is 0. The van der Waals surface area contributed by atoms with Gasteiger partial charge >= 0.3 is 0 Å². The Morgan fingerprint density at radius 3 is 2.72 bits per heavy atom. The van der Waals surface area contributed by atoms with Gasteiger partial charge in [-0.2, -0.15) is 0 Å². The van der Waals surface area contributed by atoms with Gasteiger partial charge in [0.25, 0.3) is 0 Å². The molecule has 8 rings (SSSR count). The third-order valence-corrected chi connectivity index (χ3v) is 13.4. The van der Waals surface area contributed by atoms with E-state index >= 15 is 0 Å². The van der Waals surface area contributed by atoms with Crippen LogP contribution in [-0.4, -0.2) is 74.9 Å². The number of aromatic nitrogens is 1. The lowest BCUT2D eigenvalue weighted by atomic mass is 9.43. The number of aliphatic hydroxyl groups is 4. The molecule has 1 aromatic carbocycles. The fourth-order valence-corrected chi connectivity index (χ4v) is 12.0. The smallest absolute Gasteiger partial charge is 0.191 e. The fraction of sp³-hybridized carbons (Fsp3) is 0.658. The summed E-state index contributed by atoms with van der Waals surface area (Å²) < 4.78 is 0. The summed E-state index contributed by atoms with van der Waals surface area (Å²) in [4.78, 5) is 8.13. The molecule has 4 fully saturated rings. The van der Waals surface area contributed by atoms with Crippen molar-refractivity contribution in [2.75, 3.05) is 20.2 Å². The van der Waals surface area contributed by atoms with Crippen molar-refractivity contribution in [3.8, 4) is 11.8 Å². The second kappa shape index (κ2) is 11.4. The predicted molar refractivity (Wildman–Crippen MR) is 179 cm³/mol. The molecule has 1 heterocycles. The van der Waals surface area contributed by atoms with Gasteiger partial charge in [0, 0.05) is 55.6 Å². The Bertz CT molecular complexity index is 1570. The van der Waals surface area contributed by atoms with Crippen molar-refractivity contribution in [3.63, 3.8) is 0 Å². The van der Waals surface area contributed by atoms with Gasteiger partial charge in [-0.1, -0.05) is 48.1 Å². The highest BCUT2D eigenvalue weighted by atomic mass is 16.3. The van der Waals surface area contributed by atoms with E-state index in [1.54, 1.807) is 7.05 Å². The number of H-pyrrole nitrogens is 1. The number of benzene rings is 1. The highest BCUT2D eigenvalue weighted by Gasteiger charge is 2.74. The van der Waals surface area contributed by atoms with Gasteiger partial charge < -0.3 is 36.0 Å². The van der Waals surface area contributed by atoms with E-state index in [0.29, 0.717) is 31.3 Å². The van der Waals surface area contributed by atoms with Crippen LogP contribution in [0.5, 0.6) is 0 Å². The molecule has 8 heteroatoms. The zero-order chi connectivity index (χ0) is 31.7. The molecule has 0 saturated heterocycles. The Balaban J connectivity index is 1.28. The molecule has 8 nitrogen and oxygen atoms in total. The first-order valence-corrected chi connectivity index (χ1v) is 17.8. The maximum atomic E-state index is 13.0. The molecule has 11 unspecified atom stereocenters. The number of aliphatic imine (C=N–C) groups is 1. The molecule has 1 aromatic heterocycles. The second-order valence-electron chi connectivity index (χ2n) is 15.3. The molecule has 0 radical (unpaired) electrons. The molecule has 6 aliphatic carbocycles. The first kappa shape index (κ1) is 30.5. The third-order valence-electron chi connectivity index (χ3n) is 13.4. The Hall–Kier alpha value is -2.83. The van der Waals surface area contributed by atoms with Crippen molar-refractivity contribution in [3.05, 3.63) is 47.7 Å². The minimum atomic E-state index is -1.39. The first-order chi connectivity index (χ1) is 22.3. The molecular formula is C38H50N4O4. The van der Waals surface area contributed by atoms with Crippen LogP contribution in [0.25, 0.3) is 10.9 Å². The Morgan fingerprint density at radius 1 is 1.04 bits per heavy atom. The molecule has 11 atom stereocenters. The number of hydrogen-bond acceptors (Lipinski definition) is 5. The predicted octanol–water partition coefficient (Wildman–Crippen LogP) is 3.66. The van der Waals surface area contributed by atoms with Crippen molar-refractivity contribution in [2.24, 2.45) is 45.9 Å². The lowest BCUT2D eigenvalue weighted by molar-refractivity contribution is -0.147. The second-order valence-corrected chi connectivity index (χ2v) is 15.3. The topological polar surface area (TPSA) is 133 Å². The van der Waals surface area contributed by atoms with E-state index in [4.69, 9.17) is 0 Å². The minimum absolute atomic E-state index is 0.0901. The van der Waals surface area contributed by atoms with E-state index < -0.39 is 23.3 Å². The summed E-state index contributed by atoms with van der Waals surface area (Å²) in [6, 6.07) is 10.3. The van der Waals surface area contributed by atoms with Crippen LogP contribution >= 0.6 is 0 Å². The van der Waals surface area contributed by atoms with Gasteiger partial charge in [0.1, 0.15) is 0 Å². The SMILES string of the molecule is CN=C(NCCCO)NC1C#CC2CCC=C(Cc3cc4ccccc4[nH]3)C23C2CCCC4(O)C5CC(O)C(O)(C1)C5C3CCC24. The molecule has 1 spiro atoms. The number of rotatable bonds is 6. The normalized spacial score (nSPS) is 42.5. The average Bonchev–Trinajstić information content (AvgIpc) is 3.54. The lowest BCUT2D eigenvalue weighted by Gasteiger charge is -2.61. The first-order valence-electron chi connectivity index (χ1n) is 17.8. The van der Waals surface area contributed by atoms with Gasteiger partial charge in [0.05, 0.1) is 23.3 Å². The monoisotopic (exact) mass is 626 g/mol. The molecule has 0 aliphatic heterocycles. The number of aromatic amines is 1. The highest BCUT2D eigenvalue weighted by molar-refractivity contribution is 5.81. The summed E-state index contributed by atoms with van der Waals surface area (Å²) in [5.41, 5.74) is 1.24. The summed E-state index contributed by atoms with van der Waals surface area (Å²) in [7, 11) is 1.72. The number of hydrogen-bond donors (Lipinski definition) is 7. The van der Waals surface area contributed by atoms with Gasteiger partial charge in [-0.3, -0.25) is 4.99 Å². The maximum Gasteiger partial charge on any atom is 0.191 e. The van der Waals surface area contributed by atoms with E-state index in [1.165, 1.54) is 16.7 Å². The van der Waals surface area contributed by atoms with E-state index in [0.717, 1.165) is 56.9 Å². The van der Waals surface area contributed by atoms with E-state index in [9.17, 15) is 20.4 Å². The van der Waals surface area contributed by atoms with Crippen molar-refractivity contribution in [1.82, 2.24) is 15.6 Å². The van der Waals surface area contributed by atoms with Crippen molar-refractivity contribution in [2.45, 2.75) is 94.0 Å². The number of allylic oxidation sites excluding steroid dienone is 2. The zero-order valence-corrected chi connectivity index (χ0v) is 27.0. The molecule has 46 heavy (non-hydrogen) atoms. The fourth-order valence-electron chi connectivity index (χ4n) is 12.0. The van der Waals surface area contributed by atoms with Crippen LogP contribution in [0.15, 0.2) is 47.0 Å². The number of guanidine groups is 1. The van der Waals surface area contributed by atoms with Crippen LogP contribution in [0, 0.1) is 52.8 Å². The summed E-state index contributed by atoms with van der Waals surface area (Å²) in [6.45, 7) is 0.659. The van der Waals surface area contributed by atoms with Gasteiger partial charge in [-0.05, 0) is 98.5 Å². The lowest BCUT2D eigenvalue weighted by Crippen LogP contribution is -2.59. The molecule has 0 amide bonds. The van der Waals surface area contributed by atoms with Crippen LogP contribution in [0.3, 0.4) is 0 Å². The highest BCUT2D eigenvalue weighted by Crippen LogP contribution is 2.74. The maximum absolute atomic E-state index is 13.0. The van der Waals surface area contributed by atoms with Crippen LogP contribution in [0.1, 0.15) is 69.9 Å². The standard InChI is InChI=1S/C38H50N4O4/c1-39-35(40-17-6-18-43)42-26-13-12-24-8-4-9-25(20-27-19-23-7-2-3-11-32(23)41-27)38(24)29-10-5-16-36(45)28(29)14-15-30(38)34-31(36)21-33(44)37(34,46)22-26/h2-3,7,9,11,19,24,26,28-31,33-34,41,43-46H,4-6,8,10,14-18,20-22H2,1H3,(H2,39,40,42). The van der Waals surface area contributed by atoms with E-state index in [2.05, 4.69) is 68.9 Å². The molecule has 4 saturated carbocycles. The van der Waals surface area contributed by atoms with Gasteiger partial charge in [-0.25, -0.2) is 0 Å². The third kappa shape index (κ3) is 4.38. The summed E-state index contributed by atoms with van der Waals surface area (Å²) in [5.74, 6) is 8.35. The average molecular weight is 627 g/mol. The van der Waals surface area contributed by atoms with Crippen molar-refractivity contribution >= 4 is 16.9 Å². The van der Waals surface area contributed by atoms with Gasteiger partial charge in [-0.15, -0.1) is 0 Å². The zero-order valence-electron chi connectivity index (χ0n) is 27.0. The minimum Gasteiger partial charge on any atom is -0.396 e. The summed E-state index contributed by atoms with van der Waals surface area (Å²) in [5, 5.41) is 55.0. The Labute approximate surface area is 272 Å². The number of para-hydroxylation sites is 1. The quantitative estimate of drug-likeness (QED) is 0.0861. The van der Waals surface area contributed by atoms with E-state index in [-0.39, 0.29) is 48.0 Å². The van der Waals surface area contributed by atoms with Gasteiger partial charge in [0.15, 0.2) is 5.96 Å². The van der Waals surface area contributed by atoms with E-state index in [1.807, 2.05) is 0 Å². The van der Waals surface area contributed by atoms with Crippen LogP contribution < -0.4 is 10.6 Å². The van der Waals surface area contributed by atoms with Crippen LogP contribution in [0.2, 0.25) is 0 Å². The molecule has 6 aliphatic rings. The molecule has 2 aromatic rings. The van der Waals surface area contributed by atoms with Crippen LogP contribution in [0.4, 0.5) is 0 Å². The van der Waals surface area contributed by atoms with Crippen molar-refractivity contribution < 1.29 is 20.4 Å². The van der Waals surface area contributed by atoms with Crippen LogP contribution in [-0.2, 0) is 6.42 Å². The number of fused-ring (bicyclic) bond motifs is 2. The molecule has 6 bridgehead atoms. The largest absolute Gasteiger partial charge is 0.396 e. The number of nitrogens with zero attached hydrogens (tertiary/aromatic N) is 1.